The van der Waals surface area contributed by atoms with Crippen LogP contribution in [0.5, 0.6) is 0 Å². The molecule has 1 unspecified atom stereocenters. The minimum absolute atomic E-state index is 0.100. The molecule has 0 aromatic heterocycles. The van der Waals surface area contributed by atoms with Crippen molar-refractivity contribution in [1.82, 2.24) is 14.9 Å². The lowest BCUT2D eigenvalue weighted by atomic mass is 10.1. The van der Waals surface area contributed by atoms with E-state index in [1.165, 1.54) is 12.1 Å². The number of nitrogens with zero attached hydrogens (tertiary/aromatic N) is 1. The lowest BCUT2D eigenvalue weighted by Crippen LogP contribution is -2.42. The summed E-state index contributed by atoms with van der Waals surface area (Å²) in [6.45, 7) is 1.74. The number of carbonyl (C=O) groups is 1. The molecule has 0 bridgehead atoms. The number of nitrogens with one attached hydrogen (secondary N) is 2. The Kier molecular flexibility index (Phi) is 5.71. The van der Waals surface area contributed by atoms with E-state index in [4.69, 9.17) is 11.6 Å². The Morgan fingerprint density at radius 2 is 2.29 bits per heavy atom. The van der Waals surface area contributed by atoms with Crippen molar-refractivity contribution < 1.29 is 13.2 Å². The highest BCUT2D eigenvalue weighted by Gasteiger charge is 2.33. The van der Waals surface area contributed by atoms with Crippen LogP contribution in [0.15, 0.2) is 29.2 Å². The maximum atomic E-state index is 12.4. The minimum Gasteiger partial charge on any atom is -0.331 e. The summed E-state index contributed by atoms with van der Waals surface area (Å²) in [6.07, 6.45) is 0.651. The minimum atomic E-state index is -3.58. The number of amides is 1. The molecule has 132 valence electrons. The summed E-state index contributed by atoms with van der Waals surface area (Å²) in [4.78, 5) is 14.4. The van der Waals surface area contributed by atoms with E-state index in [1.807, 2.05) is 4.90 Å². The fourth-order valence-corrected chi connectivity index (χ4v) is 5.28. The molecule has 3 rings (SSSR count). The van der Waals surface area contributed by atoms with Gasteiger partial charge in [0.25, 0.3) is 0 Å². The Morgan fingerprint density at radius 3 is 3.00 bits per heavy atom. The molecule has 2 N–H and O–H groups in total. The molecule has 0 radical (unpaired) electrons. The fourth-order valence-electron chi connectivity index (χ4n) is 2.91. The molecular formula is C15H20ClN3O3S2. The van der Waals surface area contributed by atoms with Gasteiger partial charge in [0, 0.05) is 30.4 Å². The molecule has 2 saturated heterocycles. The van der Waals surface area contributed by atoms with Crippen molar-refractivity contribution in [2.45, 2.75) is 17.4 Å². The third-order valence-electron chi connectivity index (χ3n) is 4.25. The standard InChI is InChI=1S/C15H20ClN3O3S2/c16-12-2-1-3-13(7-12)24(21,22)18-9-11-6-14(17-8-11)15(20)19-4-5-23-10-19/h1-3,7,11,14,17-18H,4-6,8-10H2/t11?,14-/m0/s1. The van der Waals surface area contributed by atoms with Crippen LogP contribution in [0.4, 0.5) is 0 Å². The van der Waals surface area contributed by atoms with Gasteiger partial charge in [0.05, 0.1) is 16.8 Å². The van der Waals surface area contributed by atoms with E-state index in [0.717, 1.165) is 18.2 Å². The van der Waals surface area contributed by atoms with Crippen molar-refractivity contribution in [3.05, 3.63) is 29.3 Å². The fraction of sp³-hybridized carbons (Fsp3) is 0.533. The summed E-state index contributed by atoms with van der Waals surface area (Å²) in [5.41, 5.74) is 0. The third-order valence-corrected chi connectivity index (χ3v) is 6.87. The summed E-state index contributed by atoms with van der Waals surface area (Å²) in [6, 6.07) is 5.97. The molecule has 2 aliphatic heterocycles. The van der Waals surface area contributed by atoms with E-state index in [2.05, 4.69) is 10.0 Å². The molecule has 0 saturated carbocycles. The highest BCUT2D eigenvalue weighted by molar-refractivity contribution is 7.99. The van der Waals surface area contributed by atoms with Crippen molar-refractivity contribution in [3.63, 3.8) is 0 Å². The first-order valence-electron chi connectivity index (χ1n) is 7.81. The first-order chi connectivity index (χ1) is 11.5. The zero-order valence-corrected chi connectivity index (χ0v) is 15.5. The molecule has 1 amide bonds. The first kappa shape index (κ1) is 18.0. The lowest BCUT2D eigenvalue weighted by molar-refractivity contribution is -0.131. The molecule has 0 spiro atoms. The van der Waals surface area contributed by atoms with Crippen LogP contribution in [0.25, 0.3) is 0 Å². The van der Waals surface area contributed by atoms with E-state index in [-0.39, 0.29) is 22.8 Å². The van der Waals surface area contributed by atoms with Crippen molar-refractivity contribution in [1.29, 1.82) is 0 Å². The average molecular weight is 390 g/mol. The summed E-state index contributed by atoms with van der Waals surface area (Å²) >= 11 is 7.61. The number of rotatable bonds is 5. The maximum Gasteiger partial charge on any atom is 0.240 e. The predicted molar refractivity (Wildman–Crippen MR) is 95.6 cm³/mol. The Balaban J connectivity index is 1.53. The molecule has 6 nitrogen and oxygen atoms in total. The quantitative estimate of drug-likeness (QED) is 0.789. The van der Waals surface area contributed by atoms with Gasteiger partial charge in [-0.15, -0.1) is 11.8 Å². The van der Waals surface area contributed by atoms with Crippen LogP contribution < -0.4 is 10.0 Å². The Hall–Kier alpha value is -0.800. The van der Waals surface area contributed by atoms with Gasteiger partial charge in [-0.05, 0) is 30.5 Å². The van der Waals surface area contributed by atoms with Gasteiger partial charge in [0.15, 0.2) is 0 Å². The van der Waals surface area contributed by atoms with Gasteiger partial charge in [-0.3, -0.25) is 4.79 Å². The van der Waals surface area contributed by atoms with E-state index >= 15 is 0 Å². The zero-order valence-electron chi connectivity index (χ0n) is 13.1. The Labute approximate surface area is 151 Å². The van der Waals surface area contributed by atoms with Crippen LogP contribution in [-0.4, -0.2) is 56.5 Å². The lowest BCUT2D eigenvalue weighted by Gasteiger charge is -2.19. The van der Waals surface area contributed by atoms with Crippen LogP contribution in [0.1, 0.15) is 6.42 Å². The van der Waals surface area contributed by atoms with E-state index < -0.39 is 10.0 Å². The number of sulfonamides is 1. The second-order valence-electron chi connectivity index (χ2n) is 6.01. The molecular weight excluding hydrogens is 370 g/mol. The van der Waals surface area contributed by atoms with Gasteiger partial charge in [0.2, 0.25) is 15.9 Å². The third kappa shape index (κ3) is 4.23. The Morgan fingerprint density at radius 1 is 1.46 bits per heavy atom. The smallest absolute Gasteiger partial charge is 0.240 e. The van der Waals surface area contributed by atoms with Crippen molar-refractivity contribution in [2.75, 3.05) is 31.3 Å². The Bertz CT molecular complexity index is 708. The second kappa shape index (κ2) is 7.61. The largest absolute Gasteiger partial charge is 0.331 e. The van der Waals surface area contributed by atoms with Crippen LogP contribution in [0.2, 0.25) is 5.02 Å². The summed E-state index contributed by atoms with van der Waals surface area (Å²) in [5.74, 6) is 1.97. The van der Waals surface area contributed by atoms with E-state index in [9.17, 15) is 13.2 Å². The maximum absolute atomic E-state index is 12.4. The molecule has 2 atom stereocenters. The number of hydrogen-bond donors (Lipinski definition) is 2. The van der Waals surface area contributed by atoms with E-state index in [1.54, 1.807) is 23.9 Å². The second-order valence-corrected chi connectivity index (χ2v) is 9.29. The normalized spacial score (nSPS) is 24.5. The average Bonchev–Trinajstić information content (AvgIpc) is 3.24. The number of benzene rings is 1. The first-order valence-corrected chi connectivity index (χ1v) is 10.8. The topological polar surface area (TPSA) is 78.5 Å². The molecule has 1 aromatic rings. The molecule has 2 aliphatic rings. The zero-order chi connectivity index (χ0) is 17.2. The van der Waals surface area contributed by atoms with Gasteiger partial charge in [0.1, 0.15) is 0 Å². The highest BCUT2D eigenvalue weighted by atomic mass is 35.5. The van der Waals surface area contributed by atoms with Gasteiger partial charge < -0.3 is 10.2 Å². The molecule has 2 heterocycles. The van der Waals surface area contributed by atoms with Crippen LogP contribution in [0, 0.1) is 5.92 Å². The van der Waals surface area contributed by atoms with Crippen LogP contribution in [-0.2, 0) is 14.8 Å². The molecule has 2 fully saturated rings. The van der Waals surface area contributed by atoms with Crippen LogP contribution in [0.3, 0.4) is 0 Å². The van der Waals surface area contributed by atoms with Crippen molar-refractivity contribution >= 4 is 39.3 Å². The molecule has 24 heavy (non-hydrogen) atoms. The molecule has 0 aliphatic carbocycles. The van der Waals surface area contributed by atoms with Gasteiger partial charge in [-0.25, -0.2) is 13.1 Å². The van der Waals surface area contributed by atoms with Gasteiger partial charge in [-0.1, -0.05) is 17.7 Å². The molecule has 9 heteroatoms. The van der Waals surface area contributed by atoms with Crippen molar-refractivity contribution in [3.8, 4) is 0 Å². The number of hydrogen-bond acceptors (Lipinski definition) is 5. The van der Waals surface area contributed by atoms with Gasteiger partial charge >= 0.3 is 0 Å². The molecule has 1 aromatic carbocycles. The number of carbonyl (C=O) groups excluding carboxylic acids is 1. The number of halogens is 1. The highest BCUT2D eigenvalue weighted by Crippen LogP contribution is 2.21. The summed E-state index contributed by atoms with van der Waals surface area (Å²) in [7, 11) is -3.58. The predicted octanol–water partition coefficient (Wildman–Crippen LogP) is 1.13. The van der Waals surface area contributed by atoms with Gasteiger partial charge in [-0.2, -0.15) is 0 Å². The summed E-state index contributed by atoms with van der Waals surface area (Å²) < 4.78 is 27.2. The summed E-state index contributed by atoms with van der Waals surface area (Å²) in [5, 5.41) is 3.60. The SMILES string of the molecule is O=C([C@@H]1CC(CNS(=O)(=O)c2cccc(Cl)c2)CN1)N1CCSC1. The monoisotopic (exact) mass is 389 g/mol. The number of thioether (sulfide) groups is 1. The van der Waals surface area contributed by atoms with E-state index in [0.29, 0.717) is 24.5 Å². The van der Waals surface area contributed by atoms with Crippen molar-refractivity contribution in [2.24, 2.45) is 5.92 Å². The van der Waals surface area contributed by atoms with Crippen LogP contribution >= 0.6 is 23.4 Å².